The Morgan fingerprint density at radius 2 is 1.76 bits per heavy atom. The molecule has 1 saturated heterocycles. The molecule has 0 radical (unpaired) electrons. The fourth-order valence-corrected chi connectivity index (χ4v) is 5.09. The molecule has 8 heteroatoms. The van der Waals surface area contributed by atoms with Crippen LogP contribution in [0, 0.1) is 17.0 Å². The van der Waals surface area contributed by atoms with Gasteiger partial charge in [-0.15, -0.1) is 0 Å². The van der Waals surface area contributed by atoms with Gasteiger partial charge < -0.3 is 10.5 Å². The van der Waals surface area contributed by atoms with E-state index in [0.29, 0.717) is 6.42 Å². The lowest BCUT2D eigenvalue weighted by atomic mass is 9.68. The first kappa shape index (κ1) is 26.9. The van der Waals surface area contributed by atoms with E-state index in [0.717, 1.165) is 0 Å². The van der Waals surface area contributed by atoms with Crippen LogP contribution in [0.2, 0.25) is 10.0 Å². The summed E-state index contributed by atoms with van der Waals surface area (Å²) in [6, 6.07) is 7.10. The number of benzene rings is 2. The topological polar surface area (TPSA) is 64.3 Å². The molecule has 0 amide bonds. The summed E-state index contributed by atoms with van der Waals surface area (Å²) >= 11 is 12.1. The van der Waals surface area contributed by atoms with Crippen molar-refractivity contribution >= 4 is 29.2 Å². The minimum Gasteiger partial charge on any atom is -0.459 e. The van der Waals surface area contributed by atoms with Gasteiger partial charge in [-0.05, 0) is 56.4 Å². The number of nitrogens with two attached hydrogens (primary N) is 1. The van der Waals surface area contributed by atoms with Gasteiger partial charge in [-0.3, -0.25) is 10.1 Å². The molecule has 0 saturated carbocycles. The van der Waals surface area contributed by atoms with E-state index < -0.39 is 46.7 Å². The summed E-state index contributed by atoms with van der Waals surface area (Å²) < 4.78 is 36.5. The third-order valence-corrected chi connectivity index (χ3v) is 6.52. The van der Waals surface area contributed by atoms with Crippen molar-refractivity contribution in [1.82, 2.24) is 5.32 Å². The molecule has 1 aliphatic rings. The fourth-order valence-electron chi connectivity index (χ4n) is 4.75. The summed E-state index contributed by atoms with van der Waals surface area (Å²) in [5.41, 5.74) is 4.80. The first-order valence-electron chi connectivity index (χ1n) is 11.2. The third-order valence-electron chi connectivity index (χ3n) is 6.00. The van der Waals surface area contributed by atoms with Gasteiger partial charge in [-0.1, -0.05) is 62.2 Å². The number of halogens is 4. The van der Waals surface area contributed by atoms with E-state index in [1.807, 2.05) is 20.8 Å². The van der Waals surface area contributed by atoms with Crippen molar-refractivity contribution in [3.8, 4) is 0 Å². The molecule has 2 aromatic rings. The van der Waals surface area contributed by atoms with Gasteiger partial charge in [0.2, 0.25) is 0 Å². The standard InChI is InChI=1S/C26H32Cl2F2N2O2/c1-24(2,3)13-19-26(31,16-11-10-14(27)12-18(16)29)20(15-8-7-9-17(28)21(15)30)22(32-19)23(33)34-25(4,5)6/h7-12,19-20,22,32H,13,31H2,1-6H3/t19-,20-,22+,26+/m0/s1. The lowest BCUT2D eigenvalue weighted by Gasteiger charge is -2.40. The number of carbonyl (C=O) groups is 1. The first-order chi connectivity index (χ1) is 15.5. The van der Waals surface area contributed by atoms with Crippen LogP contribution in [-0.4, -0.2) is 23.7 Å². The normalized spacial score (nSPS) is 25.4. The zero-order valence-electron chi connectivity index (χ0n) is 20.3. The fraction of sp³-hybridized carbons (Fsp3) is 0.500. The second kappa shape index (κ2) is 9.38. The summed E-state index contributed by atoms with van der Waals surface area (Å²) in [5.74, 6) is -2.94. The molecule has 0 bridgehead atoms. The molecule has 186 valence electrons. The van der Waals surface area contributed by atoms with Crippen LogP contribution in [0.5, 0.6) is 0 Å². The molecule has 4 nitrogen and oxygen atoms in total. The van der Waals surface area contributed by atoms with Crippen molar-refractivity contribution in [2.75, 3.05) is 0 Å². The minimum atomic E-state index is -1.52. The van der Waals surface area contributed by atoms with E-state index >= 15 is 8.78 Å². The molecule has 3 N–H and O–H groups in total. The average molecular weight is 513 g/mol. The highest BCUT2D eigenvalue weighted by molar-refractivity contribution is 6.31. The number of hydrogen-bond acceptors (Lipinski definition) is 4. The molecule has 34 heavy (non-hydrogen) atoms. The van der Waals surface area contributed by atoms with E-state index in [4.69, 9.17) is 33.7 Å². The summed E-state index contributed by atoms with van der Waals surface area (Å²) in [6.07, 6.45) is 0.476. The molecule has 0 aromatic heterocycles. The highest BCUT2D eigenvalue weighted by Gasteiger charge is 2.59. The average Bonchev–Trinajstić information content (AvgIpc) is 2.94. The van der Waals surface area contributed by atoms with Crippen LogP contribution < -0.4 is 11.1 Å². The van der Waals surface area contributed by atoms with Gasteiger partial charge in [0.25, 0.3) is 0 Å². The van der Waals surface area contributed by atoms with Gasteiger partial charge in [0.1, 0.15) is 23.3 Å². The molecule has 1 fully saturated rings. The second-order valence-corrected chi connectivity index (χ2v) is 12.0. The number of hydrogen-bond donors (Lipinski definition) is 2. The van der Waals surface area contributed by atoms with Crippen molar-refractivity contribution in [3.63, 3.8) is 0 Å². The Labute approximate surface area is 210 Å². The zero-order valence-corrected chi connectivity index (χ0v) is 21.8. The van der Waals surface area contributed by atoms with Gasteiger partial charge in [-0.2, -0.15) is 0 Å². The Balaban J connectivity index is 2.30. The minimum absolute atomic E-state index is 0.112. The maximum Gasteiger partial charge on any atom is 0.324 e. The largest absolute Gasteiger partial charge is 0.459 e. The van der Waals surface area contributed by atoms with Crippen LogP contribution in [0.3, 0.4) is 0 Å². The Kier molecular flexibility index (Phi) is 7.41. The quantitative estimate of drug-likeness (QED) is 0.469. The smallest absolute Gasteiger partial charge is 0.324 e. The van der Waals surface area contributed by atoms with Crippen LogP contribution in [-0.2, 0) is 15.1 Å². The van der Waals surface area contributed by atoms with Crippen LogP contribution in [0.1, 0.15) is 65.0 Å². The number of ether oxygens (including phenoxy) is 1. The molecule has 1 aliphatic heterocycles. The molecule has 1 heterocycles. The predicted molar refractivity (Wildman–Crippen MR) is 132 cm³/mol. The first-order valence-corrected chi connectivity index (χ1v) is 12.0. The molecular weight excluding hydrogens is 481 g/mol. The highest BCUT2D eigenvalue weighted by atomic mass is 35.5. The van der Waals surface area contributed by atoms with Crippen molar-refractivity contribution in [1.29, 1.82) is 0 Å². The number of nitrogens with one attached hydrogen (secondary N) is 1. The van der Waals surface area contributed by atoms with Gasteiger partial charge >= 0.3 is 5.97 Å². The third kappa shape index (κ3) is 5.40. The Morgan fingerprint density at radius 1 is 1.12 bits per heavy atom. The van der Waals surface area contributed by atoms with Crippen molar-refractivity contribution in [3.05, 3.63) is 69.2 Å². The molecule has 0 aliphatic carbocycles. The lowest BCUT2D eigenvalue weighted by Crippen LogP contribution is -2.52. The molecule has 3 rings (SSSR count). The summed E-state index contributed by atoms with van der Waals surface area (Å²) in [6.45, 7) is 11.3. The van der Waals surface area contributed by atoms with Gasteiger partial charge in [0, 0.05) is 22.5 Å². The predicted octanol–water partition coefficient (Wildman–Crippen LogP) is 6.33. The molecule has 2 aromatic carbocycles. The van der Waals surface area contributed by atoms with Crippen LogP contribution in [0.15, 0.2) is 36.4 Å². The van der Waals surface area contributed by atoms with Crippen LogP contribution >= 0.6 is 23.2 Å². The summed E-state index contributed by atoms with van der Waals surface area (Å²) in [7, 11) is 0. The molecule has 4 atom stereocenters. The highest BCUT2D eigenvalue weighted by Crippen LogP contribution is 2.50. The maximum atomic E-state index is 15.4. The van der Waals surface area contributed by atoms with E-state index in [1.54, 1.807) is 26.8 Å². The Bertz CT molecular complexity index is 1080. The van der Waals surface area contributed by atoms with Gasteiger partial charge in [0.15, 0.2) is 0 Å². The van der Waals surface area contributed by atoms with Gasteiger partial charge in [0.05, 0.1) is 10.6 Å². The van der Waals surface area contributed by atoms with Crippen molar-refractivity contribution < 1.29 is 18.3 Å². The molecular formula is C26H32Cl2F2N2O2. The van der Waals surface area contributed by atoms with E-state index in [2.05, 4.69) is 5.32 Å². The Hall–Kier alpha value is -1.73. The lowest BCUT2D eigenvalue weighted by molar-refractivity contribution is -0.157. The van der Waals surface area contributed by atoms with Crippen molar-refractivity contribution in [2.45, 2.75) is 77.1 Å². The van der Waals surface area contributed by atoms with E-state index in [9.17, 15) is 4.79 Å². The Morgan fingerprint density at radius 3 is 2.32 bits per heavy atom. The zero-order chi connectivity index (χ0) is 25.6. The molecule has 0 unspecified atom stereocenters. The molecule has 0 spiro atoms. The number of rotatable bonds is 4. The SMILES string of the molecule is CC(C)(C)C[C@@H]1N[C@@H](C(=O)OC(C)(C)C)[C@H](c2cccc(Cl)c2F)[C@@]1(N)c1ccc(Cl)cc1F. The summed E-state index contributed by atoms with van der Waals surface area (Å²) in [5, 5.41) is 3.38. The van der Waals surface area contributed by atoms with Gasteiger partial charge in [-0.25, -0.2) is 8.78 Å². The number of carbonyl (C=O) groups excluding carboxylic acids is 1. The van der Waals surface area contributed by atoms with E-state index in [1.165, 1.54) is 30.3 Å². The second-order valence-electron chi connectivity index (χ2n) is 11.2. The van der Waals surface area contributed by atoms with E-state index in [-0.39, 0.29) is 26.6 Å². The maximum absolute atomic E-state index is 15.4. The van der Waals surface area contributed by atoms with Crippen LogP contribution in [0.4, 0.5) is 8.78 Å². The van der Waals surface area contributed by atoms with Crippen LogP contribution in [0.25, 0.3) is 0 Å². The van der Waals surface area contributed by atoms with Crippen molar-refractivity contribution in [2.24, 2.45) is 11.1 Å². The summed E-state index contributed by atoms with van der Waals surface area (Å²) in [4.78, 5) is 13.4. The monoisotopic (exact) mass is 512 g/mol. The number of esters is 1.